The molecule has 1 aromatic carbocycles. The third-order valence-electron chi connectivity index (χ3n) is 2.17. The normalized spacial score (nSPS) is 11.7. The molecule has 0 heterocycles. The zero-order valence-corrected chi connectivity index (χ0v) is 9.54. The first-order valence-corrected chi connectivity index (χ1v) is 5.11. The van der Waals surface area contributed by atoms with Crippen LogP contribution in [0.15, 0.2) is 18.2 Å². The van der Waals surface area contributed by atoms with Crippen molar-refractivity contribution in [2.24, 2.45) is 0 Å². The van der Waals surface area contributed by atoms with E-state index in [1.165, 1.54) is 13.0 Å². The second-order valence-electron chi connectivity index (χ2n) is 3.62. The highest BCUT2D eigenvalue weighted by Gasteiger charge is 2.13. The SMILES string of the molecule is C[C@@H](NC(=O)NCc1ccc(F)cc1F)C(=O)O. The number of carbonyl (C=O) groups excluding carboxylic acids is 1. The molecule has 0 aliphatic heterocycles. The molecular weight excluding hydrogens is 246 g/mol. The van der Waals surface area contributed by atoms with E-state index in [1.54, 1.807) is 0 Å². The Balaban J connectivity index is 2.50. The minimum atomic E-state index is -1.18. The average molecular weight is 258 g/mol. The maximum atomic E-state index is 13.2. The number of amides is 2. The van der Waals surface area contributed by atoms with Gasteiger partial charge in [0.1, 0.15) is 17.7 Å². The second kappa shape index (κ2) is 5.95. The number of halogens is 2. The van der Waals surface area contributed by atoms with E-state index in [0.29, 0.717) is 6.07 Å². The minimum absolute atomic E-state index is 0.106. The quantitative estimate of drug-likeness (QED) is 0.760. The molecule has 0 saturated heterocycles. The largest absolute Gasteiger partial charge is 0.480 e. The highest BCUT2D eigenvalue weighted by Crippen LogP contribution is 2.08. The number of aliphatic carboxylic acids is 1. The summed E-state index contributed by atoms with van der Waals surface area (Å²) in [5.41, 5.74) is 0.106. The average Bonchev–Trinajstić information content (AvgIpc) is 2.27. The van der Waals surface area contributed by atoms with Crippen LogP contribution in [-0.2, 0) is 11.3 Å². The zero-order chi connectivity index (χ0) is 13.7. The predicted octanol–water partition coefficient (Wildman–Crippen LogP) is 1.24. The van der Waals surface area contributed by atoms with Gasteiger partial charge in [0.05, 0.1) is 0 Å². The summed E-state index contributed by atoms with van der Waals surface area (Å²) in [7, 11) is 0. The van der Waals surface area contributed by atoms with Crippen LogP contribution in [0.1, 0.15) is 12.5 Å². The molecule has 0 bridgehead atoms. The maximum Gasteiger partial charge on any atom is 0.325 e. The summed E-state index contributed by atoms with van der Waals surface area (Å²) in [4.78, 5) is 21.7. The maximum absolute atomic E-state index is 13.2. The molecule has 0 aromatic heterocycles. The molecule has 5 nitrogen and oxygen atoms in total. The Morgan fingerprint density at radius 1 is 1.39 bits per heavy atom. The van der Waals surface area contributed by atoms with Crippen molar-refractivity contribution in [3.8, 4) is 0 Å². The van der Waals surface area contributed by atoms with Crippen molar-refractivity contribution in [3.63, 3.8) is 0 Å². The summed E-state index contributed by atoms with van der Waals surface area (Å²) in [6.07, 6.45) is 0. The molecule has 2 amide bonds. The van der Waals surface area contributed by atoms with Crippen LogP contribution in [-0.4, -0.2) is 23.1 Å². The summed E-state index contributed by atoms with van der Waals surface area (Å²) < 4.78 is 25.8. The molecule has 0 unspecified atom stereocenters. The Kier molecular flexibility index (Phi) is 4.59. The number of carboxylic acid groups (broad SMARTS) is 1. The Morgan fingerprint density at radius 3 is 2.61 bits per heavy atom. The van der Waals surface area contributed by atoms with Crippen molar-refractivity contribution < 1.29 is 23.5 Å². The third-order valence-corrected chi connectivity index (χ3v) is 2.17. The van der Waals surface area contributed by atoms with Gasteiger partial charge in [-0.15, -0.1) is 0 Å². The number of nitrogens with one attached hydrogen (secondary N) is 2. The van der Waals surface area contributed by atoms with Gasteiger partial charge in [0.2, 0.25) is 0 Å². The van der Waals surface area contributed by atoms with E-state index < -0.39 is 29.7 Å². The van der Waals surface area contributed by atoms with Crippen molar-refractivity contribution in [2.45, 2.75) is 19.5 Å². The summed E-state index contributed by atoms with van der Waals surface area (Å²) >= 11 is 0. The fourth-order valence-electron chi connectivity index (χ4n) is 1.15. The molecular formula is C11H12F2N2O3. The van der Waals surface area contributed by atoms with Gasteiger partial charge in [-0.05, 0) is 13.0 Å². The number of rotatable bonds is 4. The van der Waals surface area contributed by atoms with E-state index in [0.717, 1.165) is 6.07 Å². The fourth-order valence-corrected chi connectivity index (χ4v) is 1.15. The highest BCUT2D eigenvalue weighted by atomic mass is 19.1. The van der Waals surface area contributed by atoms with Gasteiger partial charge in [-0.3, -0.25) is 4.79 Å². The van der Waals surface area contributed by atoms with E-state index in [-0.39, 0.29) is 12.1 Å². The molecule has 98 valence electrons. The van der Waals surface area contributed by atoms with Gasteiger partial charge in [-0.25, -0.2) is 13.6 Å². The molecule has 0 radical (unpaired) electrons. The second-order valence-corrected chi connectivity index (χ2v) is 3.62. The number of hydrogen-bond acceptors (Lipinski definition) is 2. The van der Waals surface area contributed by atoms with Crippen LogP contribution >= 0.6 is 0 Å². The Labute approximate surface area is 102 Å². The van der Waals surface area contributed by atoms with Gasteiger partial charge in [0, 0.05) is 18.2 Å². The molecule has 18 heavy (non-hydrogen) atoms. The molecule has 0 aliphatic carbocycles. The zero-order valence-electron chi connectivity index (χ0n) is 9.54. The molecule has 0 saturated carbocycles. The summed E-state index contributed by atoms with van der Waals surface area (Å²) in [6.45, 7) is 1.13. The van der Waals surface area contributed by atoms with E-state index in [2.05, 4.69) is 10.6 Å². The predicted molar refractivity (Wildman–Crippen MR) is 58.8 cm³/mol. The van der Waals surface area contributed by atoms with E-state index >= 15 is 0 Å². The van der Waals surface area contributed by atoms with Gasteiger partial charge < -0.3 is 15.7 Å². The first-order chi connectivity index (χ1) is 8.40. The first-order valence-electron chi connectivity index (χ1n) is 5.11. The molecule has 1 rings (SSSR count). The number of carboxylic acids is 1. The number of hydrogen-bond donors (Lipinski definition) is 3. The first kappa shape index (κ1) is 13.9. The molecule has 1 aromatic rings. The lowest BCUT2D eigenvalue weighted by atomic mass is 10.2. The standard InChI is InChI=1S/C11H12F2N2O3/c1-6(10(16)17)15-11(18)14-5-7-2-3-8(12)4-9(7)13/h2-4,6H,5H2,1H3,(H,16,17)(H2,14,15,18)/t6-/m1/s1. The number of benzene rings is 1. The van der Waals surface area contributed by atoms with Crippen LogP contribution in [0.4, 0.5) is 13.6 Å². The summed E-state index contributed by atoms with van der Waals surface area (Å²) in [6, 6.07) is 1.18. The lowest BCUT2D eigenvalue weighted by Gasteiger charge is -2.11. The molecule has 7 heteroatoms. The van der Waals surface area contributed by atoms with Crippen LogP contribution < -0.4 is 10.6 Å². The monoisotopic (exact) mass is 258 g/mol. The lowest BCUT2D eigenvalue weighted by Crippen LogP contribution is -2.44. The highest BCUT2D eigenvalue weighted by molar-refractivity contribution is 5.82. The topological polar surface area (TPSA) is 78.4 Å². The molecule has 0 aliphatic rings. The van der Waals surface area contributed by atoms with E-state index in [4.69, 9.17) is 5.11 Å². The van der Waals surface area contributed by atoms with Gasteiger partial charge in [-0.2, -0.15) is 0 Å². The van der Waals surface area contributed by atoms with Crippen LogP contribution in [0.5, 0.6) is 0 Å². The molecule has 0 fully saturated rings. The van der Waals surface area contributed by atoms with Crippen LogP contribution in [0.25, 0.3) is 0 Å². The third kappa shape index (κ3) is 4.00. The minimum Gasteiger partial charge on any atom is -0.480 e. The van der Waals surface area contributed by atoms with Crippen molar-refractivity contribution in [2.75, 3.05) is 0 Å². The van der Waals surface area contributed by atoms with Gasteiger partial charge in [-0.1, -0.05) is 6.07 Å². The van der Waals surface area contributed by atoms with Crippen LogP contribution in [0.2, 0.25) is 0 Å². The van der Waals surface area contributed by atoms with E-state index in [1.807, 2.05) is 0 Å². The Morgan fingerprint density at radius 2 is 2.06 bits per heavy atom. The van der Waals surface area contributed by atoms with Gasteiger partial charge in [0.15, 0.2) is 0 Å². The van der Waals surface area contributed by atoms with Gasteiger partial charge >= 0.3 is 12.0 Å². The van der Waals surface area contributed by atoms with Crippen LogP contribution in [0, 0.1) is 11.6 Å². The smallest absolute Gasteiger partial charge is 0.325 e. The molecule has 3 N–H and O–H groups in total. The van der Waals surface area contributed by atoms with Gasteiger partial charge in [0.25, 0.3) is 0 Å². The van der Waals surface area contributed by atoms with Crippen molar-refractivity contribution in [1.29, 1.82) is 0 Å². The molecule has 1 atom stereocenters. The fraction of sp³-hybridized carbons (Fsp3) is 0.273. The van der Waals surface area contributed by atoms with Crippen molar-refractivity contribution in [3.05, 3.63) is 35.4 Å². The lowest BCUT2D eigenvalue weighted by molar-refractivity contribution is -0.138. The Hall–Kier alpha value is -2.18. The van der Waals surface area contributed by atoms with Crippen molar-refractivity contribution in [1.82, 2.24) is 10.6 Å². The Bertz CT molecular complexity index is 466. The molecule has 0 spiro atoms. The summed E-state index contributed by atoms with van der Waals surface area (Å²) in [5.74, 6) is -2.67. The number of urea groups is 1. The van der Waals surface area contributed by atoms with E-state index in [9.17, 15) is 18.4 Å². The van der Waals surface area contributed by atoms with Crippen LogP contribution in [0.3, 0.4) is 0 Å². The van der Waals surface area contributed by atoms with Crippen molar-refractivity contribution >= 4 is 12.0 Å². The summed E-state index contributed by atoms with van der Waals surface area (Å²) in [5, 5.41) is 13.0. The number of carbonyl (C=O) groups is 2.